The normalized spacial score (nSPS) is 44.5. The standard InChI is InChI=1S/C18H21NO/c20-17-16-4-2-1-3-13(16)10-18(19-17)14-6-11-5-12(8-14)9-15(18)7-11/h1-4,11-12,14-15H,5-10H2,(H,19,20). The molecule has 104 valence electrons. The molecule has 20 heavy (non-hydrogen) atoms. The number of carbonyl (C=O) groups excluding carboxylic acids is 1. The molecule has 2 heteroatoms. The lowest BCUT2D eigenvalue weighted by Crippen LogP contribution is -2.68. The average Bonchev–Trinajstić information content (AvgIpc) is 2.44. The number of benzene rings is 1. The number of fused-ring (bicyclic) bond motifs is 1. The quantitative estimate of drug-likeness (QED) is 0.768. The summed E-state index contributed by atoms with van der Waals surface area (Å²) in [6, 6.07) is 8.21. The molecule has 5 aliphatic rings. The minimum absolute atomic E-state index is 0.0961. The van der Waals surface area contributed by atoms with Crippen LogP contribution in [0.4, 0.5) is 0 Å². The smallest absolute Gasteiger partial charge is 0.252 e. The van der Waals surface area contributed by atoms with Crippen molar-refractivity contribution in [1.82, 2.24) is 5.32 Å². The maximum Gasteiger partial charge on any atom is 0.252 e. The Morgan fingerprint density at radius 1 is 0.950 bits per heavy atom. The van der Waals surface area contributed by atoms with Crippen molar-refractivity contribution in [2.75, 3.05) is 0 Å². The van der Waals surface area contributed by atoms with Crippen molar-refractivity contribution in [3.63, 3.8) is 0 Å². The Labute approximate surface area is 119 Å². The van der Waals surface area contributed by atoms with Gasteiger partial charge in [-0.05, 0) is 73.8 Å². The highest BCUT2D eigenvalue weighted by Gasteiger charge is 2.58. The lowest BCUT2D eigenvalue weighted by atomic mass is 9.47. The molecule has 6 rings (SSSR count). The number of hydrogen-bond donors (Lipinski definition) is 1. The van der Waals surface area contributed by atoms with Crippen LogP contribution in [0.2, 0.25) is 0 Å². The van der Waals surface area contributed by atoms with E-state index in [1.165, 1.54) is 37.7 Å². The maximum absolute atomic E-state index is 12.6. The second kappa shape index (κ2) is 3.66. The van der Waals surface area contributed by atoms with Crippen LogP contribution in [0.15, 0.2) is 24.3 Å². The molecular formula is C18H21NO. The minimum Gasteiger partial charge on any atom is -0.346 e. The zero-order valence-corrected chi connectivity index (χ0v) is 11.8. The van der Waals surface area contributed by atoms with Crippen molar-refractivity contribution in [3.8, 4) is 0 Å². The van der Waals surface area contributed by atoms with Crippen molar-refractivity contribution in [2.24, 2.45) is 23.7 Å². The summed E-state index contributed by atoms with van der Waals surface area (Å²) in [5.41, 5.74) is 2.29. The summed E-state index contributed by atoms with van der Waals surface area (Å²) in [5.74, 6) is 3.56. The maximum atomic E-state index is 12.6. The molecule has 4 bridgehead atoms. The molecule has 1 N–H and O–H groups in total. The van der Waals surface area contributed by atoms with E-state index in [4.69, 9.17) is 0 Å². The van der Waals surface area contributed by atoms with Crippen LogP contribution in [0.25, 0.3) is 0 Å². The zero-order chi connectivity index (χ0) is 13.3. The van der Waals surface area contributed by atoms with E-state index in [-0.39, 0.29) is 11.4 Å². The molecule has 4 saturated carbocycles. The first-order valence-electron chi connectivity index (χ1n) is 8.15. The fraction of sp³-hybridized carbons (Fsp3) is 0.611. The van der Waals surface area contributed by atoms with Crippen LogP contribution in [-0.4, -0.2) is 11.4 Å². The fourth-order valence-corrected chi connectivity index (χ4v) is 6.05. The van der Waals surface area contributed by atoms with Crippen LogP contribution in [-0.2, 0) is 6.42 Å². The Hall–Kier alpha value is -1.31. The molecule has 1 spiro atoms. The fourth-order valence-electron chi connectivity index (χ4n) is 6.05. The van der Waals surface area contributed by atoms with E-state index < -0.39 is 0 Å². The third kappa shape index (κ3) is 1.32. The molecule has 2 nitrogen and oxygen atoms in total. The molecule has 0 saturated heterocycles. The Balaban J connectivity index is 1.60. The summed E-state index contributed by atoms with van der Waals surface area (Å²) in [6.07, 6.45) is 7.97. The highest BCUT2D eigenvalue weighted by atomic mass is 16.1. The number of nitrogens with one attached hydrogen (secondary N) is 1. The number of hydrogen-bond acceptors (Lipinski definition) is 1. The third-order valence-corrected chi connectivity index (χ3v) is 6.69. The predicted molar refractivity (Wildman–Crippen MR) is 77.4 cm³/mol. The van der Waals surface area contributed by atoms with Crippen LogP contribution in [0.3, 0.4) is 0 Å². The van der Waals surface area contributed by atoms with Gasteiger partial charge >= 0.3 is 0 Å². The first-order valence-corrected chi connectivity index (χ1v) is 8.15. The summed E-state index contributed by atoms with van der Waals surface area (Å²) in [4.78, 5) is 12.6. The molecule has 1 heterocycles. The minimum atomic E-state index is 0.0961. The first-order chi connectivity index (χ1) is 9.74. The van der Waals surface area contributed by atoms with Crippen molar-refractivity contribution >= 4 is 5.91 Å². The molecule has 1 aromatic rings. The van der Waals surface area contributed by atoms with E-state index in [2.05, 4.69) is 17.4 Å². The van der Waals surface area contributed by atoms with E-state index in [9.17, 15) is 4.79 Å². The monoisotopic (exact) mass is 267 g/mol. The highest BCUT2D eigenvalue weighted by molar-refractivity contribution is 5.97. The molecule has 4 fully saturated rings. The molecule has 1 aromatic carbocycles. The van der Waals surface area contributed by atoms with Crippen LogP contribution < -0.4 is 5.32 Å². The number of rotatable bonds is 0. The SMILES string of the molecule is O=C1NC2(Cc3ccccc31)C1CC3CC(C1)CC2C3. The Morgan fingerprint density at radius 2 is 1.60 bits per heavy atom. The lowest BCUT2D eigenvalue weighted by Gasteiger charge is -2.62. The van der Waals surface area contributed by atoms with E-state index in [0.717, 1.165) is 35.7 Å². The van der Waals surface area contributed by atoms with Gasteiger partial charge in [-0.15, -0.1) is 0 Å². The lowest BCUT2D eigenvalue weighted by molar-refractivity contribution is -0.0710. The molecule has 0 unspecified atom stereocenters. The molecule has 1 aliphatic heterocycles. The Morgan fingerprint density at radius 3 is 2.30 bits per heavy atom. The highest BCUT2D eigenvalue weighted by Crippen LogP contribution is 2.59. The van der Waals surface area contributed by atoms with Gasteiger partial charge in [0, 0.05) is 5.56 Å². The molecular weight excluding hydrogens is 246 g/mol. The Kier molecular flexibility index (Phi) is 2.08. The predicted octanol–water partition coefficient (Wildman–Crippen LogP) is 3.17. The van der Waals surface area contributed by atoms with Gasteiger partial charge in [-0.25, -0.2) is 0 Å². The molecule has 0 radical (unpaired) electrons. The van der Waals surface area contributed by atoms with Crippen molar-refractivity contribution in [2.45, 2.75) is 44.1 Å². The van der Waals surface area contributed by atoms with E-state index in [1.54, 1.807) is 0 Å². The molecule has 0 aromatic heterocycles. The van der Waals surface area contributed by atoms with Crippen molar-refractivity contribution in [1.29, 1.82) is 0 Å². The molecule has 0 atom stereocenters. The van der Waals surface area contributed by atoms with Gasteiger partial charge in [0.1, 0.15) is 0 Å². The van der Waals surface area contributed by atoms with Crippen LogP contribution in [0.5, 0.6) is 0 Å². The van der Waals surface area contributed by atoms with E-state index in [0.29, 0.717) is 0 Å². The third-order valence-electron chi connectivity index (χ3n) is 6.69. The second-order valence-corrected chi connectivity index (χ2v) is 7.63. The molecule has 1 amide bonds. The van der Waals surface area contributed by atoms with Crippen LogP contribution >= 0.6 is 0 Å². The van der Waals surface area contributed by atoms with Crippen molar-refractivity contribution < 1.29 is 4.79 Å². The van der Waals surface area contributed by atoms with Crippen molar-refractivity contribution in [3.05, 3.63) is 35.4 Å². The van der Waals surface area contributed by atoms with Gasteiger partial charge in [0.2, 0.25) is 0 Å². The summed E-state index contributed by atoms with van der Waals surface area (Å²) >= 11 is 0. The number of carbonyl (C=O) groups is 1. The summed E-state index contributed by atoms with van der Waals surface area (Å²) in [5, 5.41) is 3.49. The summed E-state index contributed by atoms with van der Waals surface area (Å²) < 4.78 is 0. The first kappa shape index (κ1) is 11.4. The van der Waals surface area contributed by atoms with Gasteiger partial charge in [0.05, 0.1) is 5.54 Å². The second-order valence-electron chi connectivity index (χ2n) is 7.63. The van der Waals surface area contributed by atoms with Crippen LogP contribution in [0.1, 0.15) is 48.0 Å². The summed E-state index contributed by atoms with van der Waals surface area (Å²) in [7, 11) is 0. The van der Waals surface area contributed by atoms with Gasteiger partial charge in [0.15, 0.2) is 0 Å². The van der Waals surface area contributed by atoms with Gasteiger partial charge in [-0.3, -0.25) is 4.79 Å². The molecule has 4 aliphatic carbocycles. The zero-order valence-electron chi connectivity index (χ0n) is 11.8. The average molecular weight is 267 g/mol. The largest absolute Gasteiger partial charge is 0.346 e. The van der Waals surface area contributed by atoms with E-state index >= 15 is 0 Å². The van der Waals surface area contributed by atoms with Crippen LogP contribution in [0, 0.1) is 23.7 Å². The van der Waals surface area contributed by atoms with E-state index in [1.807, 2.05) is 12.1 Å². The van der Waals surface area contributed by atoms with Gasteiger partial charge < -0.3 is 5.32 Å². The summed E-state index contributed by atoms with van der Waals surface area (Å²) in [6.45, 7) is 0. The van der Waals surface area contributed by atoms with Gasteiger partial charge in [-0.1, -0.05) is 18.2 Å². The topological polar surface area (TPSA) is 29.1 Å². The van der Waals surface area contributed by atoms with Gasteiger partial charge in [-0.2, -0.15) is 0 Å². The number of amides is 1. The van der Waals surface area contributed by atoms with Gasteiger partial charge in [0.25, 0.3) is 5.91 Å². The Bertz CT molecular complexity index is 563.